The fourth-order valence-corrected chi connectivity index (χ4v) is 4.83. The molecule has 2 aromatic carbocycles. The smallest absolute Gasteiger partial charge is 0.254 e. The largest absolute Gasteiger partial charge is 0.508 e. The van der Waals surface area contributed by atoms with Gasteiger partial charge in [0.1, 0.15) is 22.9 Å². The molecule has 35 heavy (non-hydrogen) atoms. The number of nitrogens with zero attached hydrogens (tertiary/aromatic N) is 6. The Balaban J connectivity index is 1.22. The lowest BCUT2D eigenvalue weighted by Gasteiger charge is -2.34. The summed E-state index contributed by atoms with van der Waals surface area (Å²) >= 11 is 0. The average Bonchev–Trinajstić information content (AvgIpc) is 3.46. The second-order valence-corrected chi connectivity index (χ2v) is 9.00. The predicted octanol–water partition coefficient (Wildman–Crippen LogP) is 2.95. The Labute approximate surface area is 204 Å². The number of amides is 1. The monoisotopic (exact) mass is 474 g/mol. The van der Waals surface area contributed by atoms with Gasteiger partial charge < -0.3 is 14.7 Å². The van der Waals surface area contributed by atoms with Gasteiger partial charge in [0.05, 0.1) is 18.3 Å². The summed E-state index contributed by atoms with van der Waals surface area (Å²) in [5, 5.41) is 18.9. The molecule has 0 aliphatic carbocycles. The zero-order chi connectivity index (χ0) is 24.5. The van der Waals surface area contributed by atoms with Crippen LogP contribution in [0.15, 0.2) is 53.2 Å². The van der Waals surface area contributed by atoms with Crippen LogP contribution in [-0.4, -0.2) is 81.5 Å². The molecule has 1 fully saturated rings. The average molecular weight is 475 g/mol. The Morgan fingerprint density at radius 3 is 2.69 bits per heavy atom. The SMILES string of the molecule is CCc1c(O)cc(C(=O)N2CCN(CC3=CC(C)C(n4nnc5ccccc54)=N3)CC2)cc1OC. The Kier molecular flexibility index (Phi) is 6.25. The van der Waals surface area contributed by atoms with E-state index in [-0.39, 0.29) is 17.6 Å². The first-order valence-electron chi connectivity index (χ1n) is 12.0. The van der Waals surface area contributed by atoms with Gasteiger partial charge in [0.25, 0.3) is 5.91 Å². The minimum Gasteiger partial charge on any atom is -0.508 e. The van der Waals surface area contributed by atoms with Gasteiger partial charge in [-0.15, -0.1) is 5.10 Å². The predicted molar refractivity (Wildman–Crippen MR) is 134 cm³/mol. The molecular weight excluding hydrogens is 444 g/mol. The molecule has 3 heterocycles. The van der Waals surface area contributed by atoms with Crippen molar-refractivity contribution in [1.82, 2.24) is 24.8 Å². The van der Waals surface area contributed by atoms with Gasteiger partial charge in [-0.3, -0.25) is 9.69 Å². The number of ether oxygens (including phenoxy) is 1. The number of aromatic nitrogens is 3. The lowest BCUT2D eigenvalue weighted by atomic mass is 10.1. The van der Waals surface area contributed by atoms with E-state index in [1.165, 1.54) is 0 Å². The molecule has 1 N–H and O–H groups in total. The maximum Gasteiger partial charge on any atom is 0.254 e. The molecule has 0 spiro atoms. The number of methoxy groups -OCH3 is 1. The number of allylic oxidation sites excluding steroid dienone is 1. The van der Waals surface area contributed by atoms with Crippen molar-refractivity contribution < 1.29 is 14.6 Å². The first kappa shape index (κ1) is 23.0. The van der Waals surface area contributed by atoms with E-state index >= 15 is 0 Å². The third kappa shape index (κ3) is 4.39. The lowest BCUT2D eigenvalue weighted by Crippen LogP contribution is -2.49. The van der Waals surface area contributed by atoms with Crippen LogP contribution in [-0.2, 0) is 6.42 Å². The van der Waals surface area contributed by atoms with E-state index in [0.717, 1.165) is 42.2 Å². The summed E-state index contributed by atoms with van der Waals surface area (Å²) in [6, 6.07) is 11.2. The summed E-state index contributed by atoms with van der Waals surface area (Å²) in [4.78, 5) is 22.1. The van der Waals surface area contributed by atoms with Crippen molar-refractivity contribution >= 4 is 22.8 Å². The first-order chi connectivity index (χ1) is 17.0. The van der Waals surface area contributed by atoms with Gasteiger partial charge in [-0.2, -0.15) is 4.68 Å². The van der Waals surface area contributed by atoms with Gasteiger partial charge in [-0.1, -0.05) is 37.3 Å². The van der Waals surface area contributed by atoms with E-state index in [1.54, 1.807) is 19.2 Å². The third-order valence-corrected chi connectivity index (χ3v) is 6.73. The number of fused-ring (bicyclic) bond motifs is 1. The Morgan fingerprint density at radius 1 is 1.17 bits per heavy atom. The Bertz CT molecular complexity index is 1320. The number of aromatic hydroxyl groups is 1. The molecule has 0 radical (unpaired) electrons. The molecule has 0 saturated carbocycles. The maximum absolute atomic E-state index is 13.1. The van der Waals surface area contributed by atoms with Crippen LogP contribution in [0, 0.1) is 5.92 Å². The quantitative estimate of drug-likeness (QED) is 0.611. The van der Waals surface area contributed by atoms with E-state index in [0.29, 0.717) is 36.4 Å². The van der Waals surface area contributed by atoms with Crippen LogP contribution in [0.5, 0.6) is 11.5 Å². The van der Waals surface area contributed by atoms with E-state index in [2.05, 4.69) is 28.2 Å². The molecule has 2 aliphatic rings. The van der Waals surface area contributed by atoms with E-state index < -0.39 is 0 Å². The Morgan fingerprint density at radius 2 is 1.94 bits per heavy atom. The second kappa shape index (κ2) is 9.50. The summed E-state index contributed by atoms with van der Waals surface area (Å²) in [6.07, 6.45) is 2.81. The number of phenolic OH excluding ortho intramolecular Hbond substituents is 1. The molecule has 0 bridgehead atoms. The van der Waals surface area contributed by atoms with Crippen molar-refractivity contribution in [3.8, 4) is 11.5 Å². The fraction of sp³-hybridized carbons (Fsp3) is 0.385. The number of piperazine rings is 1. The molecule has 2 aliphatic heterocycles. The molecule has 9 heteroatoms. The summed E-state index contributed by atoms with van der Waals surface area (Å²) < 4.78 is 7.21. The highest BCUT2D eigenvalue weighted by Gasteiger charge is 2.27. The van der Waals surface area contributed by atoms with Crippen molar-refractivity contribution in [2.45, 2.75) is 20.3 Å². The standard InChI is InChI=1S/C26H30N6O3/c1-4-20-23(33)14-18(15-24(20)35-3)26(34)31-11-9-30(10-12-31)16-19-13-17(2)25(27-19)32-22-8-6-5-7-21(22)28-29-32/h5-8,13-15,17,33H,4,9-12,16H2,1-3H3. The topological polar surface area (TPSA) is 96.1 Å². The summed E-state index contributed by atoms with van der Waals surface area (Å²) in [7, 11) is 1.55. The fourth-order valence-electron chi connectivity index (χ4n) is 4.83. The number of aliphatic imine (C=N–C) groups is 1. The maximum atomic E-state index is 13.1. The first-order valence-corrected chi connectivity index (χ1v) is 12.0. The molecule has 1 atom stereocenters. The highest BCUT2D eigenvalue weighted by atomic mass is 16.5. The van der Waals surface area contributed by atoms with Crippen molar-refractivity contribution in [3.63, 3.8) is 0 Å². The highest BCUT2D eigenvalue weighted by Crippen LogP contribution is 2.31. The number of carbonyl (C=O) groups excluding carboxylic acids is 1. The summed E-state index contributed by atoms with van der Waals surface area (Å²) in [5.41, 5.74) is 3.98. The van der Waals surface area contributed by atoms with Crippen LogP contribution >= 0.6 is 0 Å². The zero-order valence-corrected chi connectivity index (χ0v) is 20.3. The third-order valence-electron chi connectivity index (χ3n) is 6.73. The number of carbonyl (C=O) groups is 1. The van der Waals surface area contributed by atoms with Gasteiger partial charge in [-0.25, -0.2) is 4.99 Å². The zero-order valence-electron chi connectivity index (χ0n) is 20.3. The van der Waals surface area contributed by atoms with Crippen molar-refractivity contribution in [1.29, 1.82) is 0 Å². The van der Waals surface area contributed by atoms with Gasteiger partial charge in [0, 0.05) is 49.8 Å². The van der Waals surface area contributed by atoms with Crippen LogP contribution in [0.1, 0.15) is 29.8 Å². The van der Waals surface area contributed by atoms with Gasteiger partial charge >= 0.3 is 0 Å². The number of hydrogen-bond acceptors (Lipinski definition) is 7. The van der Waals surface area contributed by atoms with Crippen LogP contribution < -0.4 is 4.74 Å². The lowest BCUT2D eigenvalue weighted by molar-refractivity contribution is 0.0646. The molecule has 1 unspecified atom stereocenters. The van der Waals surface area contributed by atoms with E-state index in [4.69, 9.17) is 9.73 Å². The van der Waals surface area contributed by atoms with Crippen LogP contribution in [0.25, 0.3) is 11.0 Å². The minimum atomic E-state index is -0.0898. The number of phenols is 1. The highest BCUT2D eigenvalue weighted by molar-refractivity contribution is 5.96. The van der Waals surface area contributed by atoms with Crippen LogP contribution in [0.2, 0.25) is 0 Å². The number of rotatable bonds is 5. The number of para-hydroxylation sites is 1. The van der Waals surface area contributed by atoms with E-state index in [9.17, 15) is 9.90 Å². The number of hydrogen-bond donors (Lipinski definition) is 1. The molecule has 182 valence electrons. The molecule has 9 nitrogen and oxygen atoms in total. The molecule has 1 amide bonds. The second-order valence-electron chi connectivity index (χ2n) is 9.00. The molecular formula is C26H30N6O3. The normalized spacial score (nSPS) is 18.6. The summed E-state index contributed by atoms with van der Waals surface area (Å²) in [5.74, 6) is 1.59. The Hall–Kier alpha value is -3.72. The van der Waals surface area contributed by atoms with Crippen LogP contribution in [0.3, 0.4) is 0 Å². The molecule has 1 saturated heterocycles. The van der Waals surface area contributed by atoms with Gasteiger partial charge in [0.2, 0.25) is 0 Å². The minimum absolute atomic E-state index is 0.0898. The number of benzene rings is 2. The van der Waals surface area contributed by atoms with Crippen molar-refractivity contribution in [2.75, 3.05) is 39.8 Å². The van der Waals surface area contributed by atoms with Crippen molar-refractivity contribution in [3.05, 3.63) is 59.3 Å². The molecule has 3 aromatic rings. The molecule has 1 aromatic heterocycles. The van der Waals surface area contributed by atoms with Gasteiger partial charge in [-0.05, 0) is 30.7 Å². The van der Waals surface area contributed by atoms with Crippen molar-refractivity contribution in [2.24, 2.45) is 10.9 Å². The summed E-state index contributed by atoms with van der Waals surface area (Å²) in [6.45, 7) is 7.53. The van der Waals surface area contributed by atoms with Crippen LogP contribution in [0.4, 0.5) is 0 Å². The molecule has 5 rings (SSSR count). The van der Waals surface area contributed by atoms with E-state index in [1.807, 2.05) is 40.8 Å². The van der Waals surface area contributed by atoms with Gasteiger partial charge in [0.15, 0.2) is 0 Å².